The van der Waals surface area contributed by atoms with Crippen molar-refractivity contribution in [2.45, 2.75) is 50.6 Å². The molecular weight excluding hydrogens is 386 g/mol. The van der Waals surface area contributed by atoms with Crippen molar-refractivity contribution < 1.29 is 9.53 Å². The van der Waals surface area contributed by atoms with Gasteiger partial charge < -0.3 is 14.2 Å². The maximum Gasteiger partial charge on any atom is 0.223 e. The molecule has 2 aromatic carbocycles. The molecule has 1 unspecified atom stereocenters. The molecule has 31 heavy (non-hydrogen) atoms. The Labute approximate surface area is 183 Å². The first-order valence-electron chi connectivity index (χ1n) is 11.3. The van der Waals surface area contributed by atoms with Crippen LogP contribution >= 0.6 is 0 Å². The van der Waals surface area contributed by atoms with Crippen LogP contribution in [0, 0.1) is 0 Å². The van der Waals surface area contributed by atoms with Crippen LogP contribution in [0.2, 0.25) is 0 Å². The lowest BCUT2D eigenvalue weighted by Crippen LogP contribution is -2.27. The van der Waals surface area contributed by atoms with E-state index in [-0.39, 0.29) is 11.8 Å². The van der Waals surface area contributed by atoms with E-state index in [1.807, 2.05) is 30.3 Å². The molecule has 1 aliphatic carbocycles. The highest BCUT2D eigenvalue weighted by Gasteiger charge is 2.41. The maximum absolute atomic E-state index is 12.5. The van der Waals surface area contributed by atoms with Crippen LogP contribution in [0.3, 0.4) is 0 Å². The SMILES string of the molecule is C=CCc1ccccc1OCCCn1c(C2CC(=O)N(C3CC3)C2)nc2ccccc21. The van der Waals surface area contributed by atoms with E-state index in [1.165, 1.54) is 0 Å². The molecule has 3 aromatic rings. The summed E-state index contributed by atoms with van der Waals surface area (Å²) in [7, 11) is 0. The fourth-order valence-electron chi connectivity index (χ4n) is 4.66. The number of rotatable bonds is 9. The van der Waals surface area contributed by atoms with Crippen molar-refractivity contribution in [1.29, 1.82) is 0 Å². The summed E-state index contributed by atoms with van der Waals surface area (Å²) in [5.41, 5.74) is 3.31. The molecule has 0 radical (unpaired) electrons. The minimum Gasteiger partial charge on any atom is -0.493 e. The molecular formula is C26H29N3O2. The van der Waals surface area contributed by atoms with Crippen LogP contribution in [-0.2, 0) is 17.8 Å². The standard InChI is InChI=1S/C26H29N3O2/c1-2-8-19-9-3-6-12-24(19)31-16-7-15-28-23-11-5-4-10-22(23)27-26(28)20-17-25(30)29(18-20)21-13-14-21/h2-6,9-12,20-21H,1,7-8,13-18H2. The van der Waals surface area contributed by atoms with Crippen LogP contribution in [0.25, 0.3) is 11.0 Å². The molecule has 5 rings (SSSR count). The van der Waals surface area contributed by atoms with Gasteiger partial charge in [-0.2, -0.15) is 0 Å². The number of imidazole rings is 1. The summed E-state index contributed by atoms with van der Waals surface area (Å²) in [6, 6.07) is 16.9. The van der Waals surface area contributed by atoms with Crippen LogP contribution in [0.1, 0.15) is 43.0 Å². The number of benzene rings is 2. The van der Waals surface area contributed by atoms with Gasteiger partial charge in [0.25, 0.3) is 0 Å². The van der Waals surface area contributed by atoms with Crippen LogP contribution in [-0.4, -0.2) is 39.6 Å². The lowest BCUT2D eigenvalue weighted by molar-refractivity contribution is -0.128. The molecule has 1 saturated carbocycles. The van der Waals surface area contributed by atoms with E-state index >= 15 is 0 Å². The van der Waals surface area contributed by atoms with Crippen LogP contribution in [0.5, 0.6) is 5.75 Å². The lowest BCUT2D eigenvalue weighted by Gasteiger charge is -2.17. The van der Waals surface area contributed by atoms with Crippen molar-refractivity contribution in [2.24, 2.45) is 0 Å². The van der Waals surface area contributed by atoms with Gasteiger partial charge in [-0.15, -0.1) is 6.58 Å². The van der Waals surface area contributed by atoms with Gasteiger partial charge in [0.1, 0.15) is 11.6 Å². The van der Waals surface area contributed by atoms with Crippen LogP contribution in [0.15, 0.2) is 61.2 Å². The minimum atomic E-state index is 0.176. The summed E-state index contributed by atoms with van der Waals surface area (Å²) in [5, 5.41) is 0. The van der Waals surface area contributed by atoms with Gasteiger partial charge >= 0.3 is 0 Å². The second-order valence-corrected chi connectivity index (χ2v) is 8.59. The van der Waals surface area contributed by atoms with Gasteiger partial charge in [-0.3, -0.25) is 4.79 Å². The molecule has 1 aliphatic heterocycles. The molecule has 2 heterocycles. The molecule has 160 valence electrons. The number of ether oxygens (including phenoxy) is 1. The van der Waals surface area contributed by atoms with Crippen molar-refractivity contribution in [3.8, 4) is 5.75 Å². The lowest BCUT2D eigenvalue weighted by atomic mass is 10.1. The van der Waals surface area contributed by atoms with Crippen molar-refractivity contribution in [3.05, 3.63) is 72.6 Å². The molecule has 5 nitrogen and oxygen atoms in total. The van der Waals surface area contributed by atoms with Crippen molar-refractivity contribution in [1.82, 2.24) is 14.5 Å². The number of hydrogen-bond acceptors (Lipinski definition) is 3. The highest BCUT2D eigenvalue weighted by molar-refractivity contribution is 5.81. The Morgan fingerprint density at radius 2 is 1.94 bits per heavy atom. The largest absolute Gasteiger partial charge is 0.493 e. The van der Waals surface area contributed by atoms with E-state index < -0.39 is 0 Å². The molecule has 1 aromatic heterocycles. The number of allylic oxidation sites excluding steroid dienone is 1. The molecule has 5 heteroatoms. The third-order valence-corrected chi connectivity index (χ3v) is 6.32. The van der Waals surface area contributed by atoms with Crippen molar-refractivity contribution in [2.75, 3.05) is 13.2 Å². The Balaban J connectivity index is 1.31. The monoisotopic (exact) mass is 415 g/mol. The predicted molar refractivity (Wildman–Crippen MR) is 122 cm³/mol. The maximum atomic E-state index is 12.5. The summed E-state index contributed by atoms with van der Waals surface area (Å²) >= 11 is 0. The molecule has 0 N–H and O–H groups in total. The van der Waals surface area contributed by atoms with E-state index in [9.17, 15) is 4.79 Å². The summed E-state index contributed by atoms with van der Waals surface area (Å²) < 4.78 is 8.40. The average molecular weight is 416 g/mol. The van der Waals surface area contributed by atoms with E-state index in [2.05, 4.69) is 40.3 Å². The molecule has 1 atom stereocenters. The van der Waals surface area contributed by atoms with E-state index in [4.69, 9.17) is 9.72 Å². The number of carbonyl (C=O) groups is 1. The number of aromatic nitrogens is 2. The van der Waals surface area contributed by atoms with E-state index in [0.29, 0.717) is 19.1 Å². The molecule has 2 fully saturated rings. The van der Waals surface area contributed by atoms with Crippen molar-refractivity contribution >= 4 is 16.9 Å². The van der Waals surface area contributed by atoms with E-state index in [1.54, 1.807) is 0 Å². The van der Waals surface area contributed by atoms with Gasteiger partial charge in [0, 0.05) is 31.5 Å². The zero-order valence-electron chi connectivity index (χ0n) is 17.9. The predicted octanol–water partition coefficient (Wildman–Crippen LogP) is 4.71. The average Bonchev–Trinajstić information content (AvgIpc) is 3.46. The van der Waals surface area contributed by atoms with E-state index in [0.717, 1.165) is 66.9 Å². The number of amides is 1. The third-order valence-electron chi connectivity index (χ3n) is 6.32. The Morgan fingerprint density at radius 3 is 2.77 bits per heavy atom. The number of para-hydroxylation sites is 3. The van der Waals surface area contributed by atoms with Crippen LogP contribution < -0.4 is 4.74 Å². The summed E-state index contributed by atoms with van der Waals surface area (Å²) in [5.74, 6) is 2.44. The zero-order chi connectivity index (χ0) is 21.2. The molecule has 0 bridgehead atoms. The summed E-state index contributed by atoms with van der Waals surface area (Å²) in [6.45, 7) is 6.10. The fourth-order valence-corrected chi connectivity index (χ4v) is 4.66. The van der Waals surface area contributed by atoms with Crippen molar-refractivity contribution in [3.63, 3.8) is 0 Å². The highest BCUT2D eigenvalue weighted by atomic mass is 16.5. The second-order valence-electron chi connectivity index (χ2n) is 8.59. The van der Waals surface area contributed by atoms with Gasteiger partial charge in [0.15, 0.2) is 0 Å². The molecule has 1 saturated heterocycles. The number of carbonyl (C=O) groups excluding carboxylic acids is 1. The van der Waals surface area contributed by atoms with Crippen LogP contribution in [0.4, 0.5) is 0 Å². The number of aryl methyl sites for hydroxylation is 1. The van der Waals surface area contributed by atoms with Gasteiger partial charge in [0.05, 0.1) is 17.6 Å². The number of likely N-dealkylation sites (tertiary alicyclic amines) is 1. The van der Waals surface area contributed by atoms with Gasteiger partial charge in [-0.1, -0.05) is 36.4 Å². The summed E-state index contributed by atoms with van der Waals surface area (Å²) in [4.78, 5) is 19.6. The Morgan fingerprint density at radius 1 is 1.13 bits per heavy atom. The fraction of sp³-hybridized carbons (Fsp3) is 0.385. The minimum absolute atomic E-state index is 0.176. The number of fused-ring (bicyclic) bond motifs is 1. The van der Waals surface area contributed by atoms with Gasteiger partial charge in [-0.05, 0) is 49.4 Å². The Kier molecular flexibility index (Phi) is 5.49. The summed E-state index contributed by atoms with van der Waals surface area (Å²) in [6.07, 6.45) is 6.46. The number of hydrogen-bond donors (Lipinski definition) is 0. The first-order chi connectivity index (χ1) is 15.2. The first-order valence-corrected chi connectivity index (χ1v) is 11.3. The topological polar surface area (TPSA) is 47.4 Å². The molecule has 2 aliphatic rings. The highest BCUT2D eigenvalue weighted by Crippen LogP contribution is 2.37. The molecule has 0 spiro atoms. The normalized spacial score (nSPS) is 18.6. The first kappa shape index (κ1) is 19.9. The van der Waals surface area contributed by atoms with Gasteiger partial charge in [-0.25, -0.2) is 4.98 Å². The smallest absolute Gasteiger partial charge is 0.223 e. The van der Waals surface area contributed by atoms with Gasteiger partial charge in [0.2, 0.25) is 5.91 Å². The molecule has 1 amide bonds. The zero-order valence-corrected chi connectivity index (χ0v) is 17.9. The number of nitrogens with zero attached hydrogens (tertiary/aromatic N) is 3. The Bertz CT molecular complexity index is 1100. The second kappa shape index (κ2) is 8.58. The Hall–Kier alpha value is -3.08. The quantitative estimate of drug-likeness (QED) is 0.376. The third kappa shape index (κ3) is 4.09.